The van der Waals surface area contributed by atoms with Gasteiger partial charge >= 0.3 is 0 Å². The Kier molecular flexibility index (Phi) is 1.60. The lowest BCUT2D eigenvalue weighted by atomic mass is 10.0. The molecular formula is C10H9NO. The highest BCUT2D eigenvalue weighted by Gasteiger charge is 2.30. The fraction of sp³-hybridized carbons (Fsp3) is 0.300. The Morgan fingerprint density at radius 2 is 2.17 bits per heavy atom. The molecule has 60 valence electrons. The maximum absolute atomic E-state index is 9.49. The second-order valence-electron chi connectivity index (χ2n) is 3.08. The fourth-order valence-corrected chi connectivity index (χ4v) is 1.73. The van der Waals surface area contributed by atoms with Gasteiger partial charge in [-0.15, -0.1) is 0 Å². The summed E-state index contributed by atoms with van der Waals surface area (Å²) in [6.07, 6.45) is 0.112. The third kappa shape index (κ3) is 0.910. The molecule has 0 bridgehead atoms. The van der Waals surface area contributed by atoms with Crippen LogP contribution in [0.25, 0.3) is 0 Å². The van der Waals surface area contributed by atoms with Crippen molar-refractivity contribution in [1.82, 2.24) is 0 Å². The first kappa shape index (κ1) is 7.33. The van der Waals surface area contributed by atoms with Crippen LogP contribution in [-0.2, 0) is 6.42 Å². The van der Waals surface area contributed by atoms with Crippen molar-refractivity contribution in [3.8, 4) is 6.07 Å². The minimum Gasteiger partial charge on any atom is -0.391 e. The van der Waals surface area contributed by atoms with Gasteiger partial charge in [0.2, 0.25) is 0 Å². The molecule has 1 N–H and O–H groups in total. The van der Waals surface area contributed by atoms with Crippen molar-refractivity contribution >= 4 is 0 Å². The van der Waals surface area contributed by atoms with Crippen molar-refractivity contribution in [1.29, 1.82) is 5.26 Å². The van der Waals surface area contributed by atoms with Gasteiger partial charge in [0.15, 0.2) is 0 Å². The number of hydrogen-bond acceptors (Lipinski definition) is 2. The number of hydrogen-bond donors (Lipinski definition) is 1. The van der Waals surface area contributed by atoms with E-state index in [1.165, 1.54) is 0 Å². The first-order valence-corrected chi connectivity index (χ1v) is 3.98. The van der Waals surface area contributed by atoms with Crippen LogP contribution >= 0.6 is 0 Å². The zero-order chi connectivity index (χ0) is 8.55. The molecule has 0 heterocycles. The molecule has 1 aliphatic carbocycles. The van der Waals surface area contributed by atoms with E-state index in [9.17, 15) is 5.11 Å². The first-order chi connectivity index (χ1) is 5.83. The largest absolute Gasteiger partial charge is 0.391 e. The molecule has 0 fully saturated rings. The zero-order valence-electron chi connectivity index (χ0n) is 6.57. The van der Waals surface area contributed by atoms with Gasteiger partial charge in [0.25, 0.3) is 0 Å². The van der Waals surface area contributed by atoms with Gasteiger partial charge in [-0.25, -0.2) is 0 Å². The van der Waals surface area contributed by atoms with Gasteiger partial charge in [-0.3, -0.25) is 0 Å². The van der Waals surface area contributed by atoms with E-state index < -0.39 is 6.10 Å². The lowest BCUT2D eigenvalue weighted by molar-refractivity contribution is 0.174. The summed E-state index contributed by atoms with van der Waals surface area (Å²) in [5.41, 5.74) is 2.10. The van der Waals surface area contributed by atoms with Crippen LogP contribution in [-0.4, -0.2) is 11.2 Å². The first-order valence-electron chi connectivity index (χ1n) is 3.98. The van der Waals surface area contributed by atoms with E-state index in [2.05, 4.69) is 6.07 Å². The number of rotatable bonds is 0. The number of aliphatic hydroxyl groups is 1. The van der Waals surface area contributed by atoms with Crippen LogP contribution in [0.15, 0.2) is 24.3 Å². The second-order valence-corrected chi connectivity index (χ2v) is 3.08. The minimum absolute atomic E-state index is 0.318. The lowest BCUT2D eigenvalue weighted by Crippen LogP contribution is -2.10. The van der Waals surface area contributed by atoms with E-state index in [0.717, 1.165) is 11.1 Å². The third-order valence-corrected chi connectivity index (χ3v) is 2.34. The fourth-order valence-electron chi connectivity index (χ4n) is 1.73. The van der Waals surface area contributed by atoms with Gasteiger partial charge < -0.3 is 5.11 Å². The molecule has 2 nitrogen and oxygen atoms in total. The highest BCUT2D eigenvalue weighted by molar-refractivity contribution is 5.40. The van der Waals surface area contributed by atoms with Crippen LogP contribution in [0.3, 0.4) is 0 Å². The third-order valence-electron chi connectivity index (χ3n) is 2.34. The molecule has 12 heavy (non-hydrogen) atoms. The predicted octanol–water partition coefficient (Wildman–Crippen LogP) is 1.21. The molecule has 2 atom stereocenters. The molecular weight excluding hydrogens is 150 g/mol. The Hall–Kier alpha value is -1.33. The van der Waals surface area contributed by atoms with Crippen LogP contribution in [0, 0.1) is 11.3 Å². The summed E-state index contributed by atoms with van der Waals surface area (Å²) in [5, 5.41) is 18.3. The molecule has 0 radical (unpaired) electrons. The predicted molar refractivity (Wildman–Crippen MR) is 44.5 cm³/mol. The summed E-state index contributed by atoms with van der Waals surface area (Å²) in [4.78, 5) is 0. The second kappa shape index (κ2) is 2.62. The molecule has 0 saturated carbocycles. The van der Waals surface area contributed by atoms with Crippen LogP contribution in [0.4, 0.5) is 0 Å². The Bertz CT molecular complexity index is 340. The average molecular weight is 159 g/mol. The number of aliphatic hydroxyl groups excluding tert-OH is 1. The number of nitrogens with zero attached hydrogens (tertiary/aromatic N) is 1. The number of fused-ring (bicyclic) bond motifs is 1. The molecule has 0 amide bonds. The van der Waals surface area contributed by atoms with E-state index >= 15 is 0 Å². The Morgan fingerprint density at radius 3 is 2.92 bits per heavy atom. The van der Waals surface area contributed by atoms with Crippen molar-refractivity contribution in [2.24, 2.45) is 0 Å². The topological polar surface area (TPSA) is 44.0 Å². The SMILES string of the molecule is N#CC1c2ccccc2CC1O. The Labute approximate surface area is 71.1 Å². The van der Waals surface area contributed by atoms with Crippen molar-refractivity contribution in [2.75, 3.05) is 0 Å². The van der Waals surface area contributed by atoms with Gasteiger partial charge in [-0.2, -0.15) is 5.26 Å². The molecule has 0 aromatic heterocycles. The van der Waals surface area contributed by atoms with E-state index in [4.69, 9.17) is 5.26 Å². The smallest absolute Gasteiger partial charge is 0.0977 e. The number of benzene rings is 1. The van der Waals surface area contributed by atoms with Crippen LogP contribution in [0.5, 0.6) is 0 Å². The van der Waals surface area contributed by atoms with Gasteiger partial charge in [-0.1, -0.05) is 24.3 Å². The molecule has 2 heteroatoms. The van der Waals surface area contributed by atoms with E-state index in [0.29, 0.717) is 6.42 Å². The standard InChI is InChI=1S/C10H9NO/c11-6-9-8-4-2-1-3-7(8)5-10(9)12/h1-4,9-10,12H,5H2. The molecule has 2 unspecified atom stereocenters. The lowest BCUT2D eigenvalue weighted by Gasteiger charge is -2.04. The maximum Gasteiger partial charge on any atom is 0.0977 e. The molecule has 0 aliphatic heterocycles. The highest BCUT2D eigenvalue weighted by atomic mass is 16.3. The summed E-state index contributed by atoms with van der Waals surface area (Å²) in [6, 6.07) is 9.84. The number of nitriles is 1. The van der Waals surface area contributed by atoms with Gasteiger partial charge in [0.05, 0.1) is 18.1 Å². The molecule has 0 spiro atoms. The van der Waals surface area contributed by atoms with E-state index in [1.54, 1.807) is 0 Å². The molecule has 1 aliphatic rings. The van der Waals surface area contributed by atoms with E-state index in [1.807, 2.05) is 24.3 Å². The summed E-state index contributed by atoms with van der Waals surface area (Å²) in [7, 11) is 0. The summed E-state index contributed by atoms with van der Waals surface area (Å²) < 4.78 is 0. The quantitative estimate of drug-likeness (QED) is 0.618. The van der Waals surface area contributed by atoms with E-state index in [-0.39, 0.29) is 5.92 Å². The molecule has 2 rings (SSSR count). The van der Waals surface area contributed by atoms with Crippen LogP contribution in [0.1, 0.15) is 17.0 Å². The monoisotopic (exact) mass is 159 g/mol. The van der Waals surface area contributed by atoms with Crippen molar-refractivity contribution in [3.05, 3.63) is 35.4 Å². The molecule has 0 saturated heterocycles. The summed E-state index contributed by atoms with van der Waals surface area (Å²) in [5.74, 6) is -0.318. The Morgan fingerprint density at radius 1 is 1.42 bits per heavy atom. The van der Waals surface area contributed by atoms with Crippen LogP contribution < -0.4 is 0 Å². The molecule has 1 aromatic carbocycles. The Balaban J connectivity index is 2.49. The highest BCUT2D eigenvalue weighted by Crippen LogP contribution is 2.32. The van der Waals surface area contributed by atoms with Crippen LogP contribution in [0.2, 0.25) is 0 Å². The van der Waals surface area contributed by atoms with Gasteiger partial charge in [0, 0.05) is 6.42 Å². The van der Waals surface area contributed by atoms with Gasteiger partial charge in [-0.05, 0) is 11.1 Å². The normalized spacial score (nSPS) is 26.3. The summed E-state index contributed by atoms with van der Waals surface area (Å²) >= 11 is 0. The molecule has 1 aromatic rings. The van der Waals surface area contributed by atoms with Gasteiger partial charge in [0.1, 0.15) is 0 Å². The summed E-state index contributed by atoms with van der Waals surface area (Å²) in [6.45, 7) is 0. The average Bonchev–Trinajstić information content (AvgIpc) is 2.40. The van der Waals surface area contributed by atoms with Crippen molar-refractivity contribution in [3.63, 3.8) is 0 Å². The maximum atomic E-state index is 9.49. The van der Waals surface area contributed by atoms with Crippen molar-refractivity contribution in [2.45, 2.75) is 18.4 Å². The minimum atomic E-state index is -0.507. The zero-order valence-corrected chi connectivity index (χ0v) is 6.57. The van der Waals surface area contributed by atoms with Crippen molar-refractivity contribution < 1.29 is 5.11 Å².